The number of aromatic amines is 1. The number of H-pyrrole nitrogens is 1. The minimum atomic E-state index is -0.238. The summed E-state index contributed by atoms with van der Waals surface area (Å²) in [5.41, 5.74) is 5.68. The van der Waals surface area contributed by atoms with E-state index in [0.717, 1.165) is 47.1 Å². The van der Waals surface area contributed by atoms with Gasteiger partial charge in [-0.2, -0.15) is 30.3 Å². The van der Waals surface area contributed by atoms with Gasteiger partial charge in [0, 0.05) is 24.7 Å². The van der Waals surface area contributed by atoms with Gasteiger partial charge in [0.15, 0.2) is 0 Å². The molecular formula is C26H28FKN2O3. The van der Waals surface area contributed by atoms with Crippen LogP contribution in [0.4, 0.5) is 4.39 Å². The molecule has 1 heterocycles. The molecule has 0 fully saturated rings. The summed E-state index contributed by atoms with van der Waals surface area (Å²) in [5.74, 6) is 0.563. The fourth-order valence-corrected chi connectivity index (χ4v) is 3.28. The van der Waals surface area contributed by atoms with E-state index < -0.39 is 0 Å². The van der Waals surface area contributed by atoms with Gasteiger partial charge in [0.05, 0.1) is 12.1 Å². The standard InChI is InChI=1S/C21H15FNO.C5H13NO2.K/c22-20-11-10-18(19-12-13-23-21(19)20)16-6-8-17(9-7-16)24-14-15-4-2-1-3-5-15;7-5-3-1-2-4-6-8;/h1-2,4-13,23H,14H2;6-8H,1-5H2;/q-1;;+1. The maximum absolute atomic E-state index is 13.8. The SMILES string of the molecule is Fc1ccc(-c2ccc(OCc3c[c-]ccc3)cc2)c2cc[nH]c12.OCCCCCNO.[K+]. The molecule has 0 spiro atoms. The first-order valence-electron chi connectivity index (χ1n) is 10.6. The van der Waals surface area contributed by atoms with Gasteiger partial charge in [-0.1, -0.05) is 18.2 Å². The van der Waals surface area contributed by atoms with Crippen molar-refractivity contribution in [1.82, 2.24) is 10.5 Å². The molecule has 33 heavy (non-hydrogen) atoms. The summed E-state index contributed by atoms with van der Waals surface area (Å²) in [6, 6.07) is 23.8. The van der Waals surface area contributed by atoms with Crippen molar-refractivity contribution in [3.63, 3.8) is 0 Å². The molecule has 1 aromatic heterocycles. The Morgan fingerprint density at radius 3 is 2.52 bits per heavy atom. The molecule has 4 N–H and O–H groups in total. The van der Waals surface area contributed by atoms with Gasteiger partial charge in [0.25, 0.3) is 0 Å². The van der Waals surface area contributed by atoms with Crippen molar-refractivity contribution >= 4 is 10.9 Å². The van der Waals surface area contributed by atoms with Crippen LogP contribution in [0.5, 0.6) is 5.75 Å². The molecule has 4 aromatic rings. The Balaban J connectivity index is 0.000000372. The molecule has 3 aromatic carbocycles. The molecule has 0 bridgehead atoms. The number of aliphatic hydroxyl groups excluding tert-OH is 1. The molecule has 0 radical (unpaired) electrons. The Hall–Kier alpha value is -1.55. The molecule has 0 aliphatic heterocycles. The average molecular weight is 475 g/mol. The Kier molecular flexibility index (Phi) is 12.9. The van der Waals surface area contributed by atoms with Crippen molar-refractivity contribution in [3.05, 3.63) is 90.4 Å². The monoisotopic (exact) mass is 474 g/mol. The van der Waals surface area contributed by atoms with E-state index in [2.05, 4.69) is 11.1 Å². The van der Waals surface area contributed by atoms with Gasteiger partial charge in [-0.3, -0.25) is 0 Å². The maximum Gasteiger partial charge on any atom is 1.00 e. The summed E-state index contributed by atoms with van der Waals surface area (Å²) in [5, 5.41) is 17.2. The van der Waals surface area contributed by atoms with Crippen molar-refractivity contribution in [2.45, 2.75) is 25.9 Å². The number of aliphatic hydroxyl groups is 1. The van der Waals surface area contributed by atoms with E-state index in [1.54, 1.807) is 12.3 Å². The topological polar surface area (TPSA) is 77.5 Å². The van der Waals surface area contributed by atoms with Crippen LogP contribution in [-0.2, 0) is 6.61 Å². The number of hydroxylamine groups is 1. The third kappa shape index (κ3) is 8.62. The zero-order valence-corrected chi connectivity index (χ0v) is 22.0. The van der Waals surface area contributed by atoms with Crippen molar-refractivity contribution in [2.24, 2.45) is 0 Å². The second-order valence-electron chi connectivity index (χ2n) is 7.28. The van der Waals surface area contributed by atoms with Crippen LogP contribution in [0.25, 0.3) is 22.0 Å². The van der Waals surface area contributed by atoms with E-state index in [9.17, 15) is 4.39 Å². The van der Waals surface area contributed by atoms with Crippen LogP contribution in [0.1, 0.15) is 24.8 Å². The summed E-state index contributed by atoms with van der Waals surface area (Å²) in [6.45, 7) is 1.39. The van der Waals surface area contributed by atoms with Crippen LogP contribution in [-0.4, -0.2) is 28.4 Å². The molecule has 7 heteroatoms. The molecular weight excluding hydrogens is 446 g/mol. The van der Waals surface area contributed by atoms with Gasteiger partial charge >= 0.3 is 51.4 Å². The number of aromatic nitrogens is 1. The van der Waals surface area contributed by atoms with Crippen molar-refractivity contribution in [3.8, 4) is 16.9 Å². The second kappa shape index (κ2) is 15.4. The number of halogens is 1. The molecule has 4 rings (SSSR count). The molecule has 0 atom stereocenters. The number of ether oxygens (including phenoxy) is 1. The zero-order chi connectivity index (χ0) is 22.6. The third-order valence-corrected chi connectivity index (χ3v) is 4.96. The van der Waals surface area contributed by atoms with Gasteiger partial charge in [-0.15, -0.1) is 5.56 Å². The normalized spacial score (nSPS) is 10.3. The number of benzene rings is 3. The number of hydrogen-bond donors (Lipinski definition) is 4. The number of hydrogen-bond acceptors (Lipinski definition) is 4. The molecule has 0 saturated carbocycles. The van der Waals surface area contributed by atoms with Crippen LogP contribution in [0, 0.1) is 11.9 Å². The van der Waals surface area contributed by atoms with Crippen LogP contribution in [0.15, 0.2) is 72.9 Å². The van der Waals surface area contributed by atoms with Crippen molar-refractivity contribution in [1.29, 1.82) is 0 Å². The minimum absolute atomic E-state index is 0. The zero-order valence-electron chi connectivity index (χ0n) is 18.9. The molecule has 0 aliphatic carbocycles. The summed E-state index contributed by atoms with van der Waals surface area (Å²) in [4.78, 5) is 2.95. The molecule has 0 unspecified atom stereocenters. The number of rotatable bonds is 9. The predicted octanol–water partition coefficient (Wildman–Crippen LogP) is 2.48. The summed E-state index contributed by atoms with van der Waals surface area (Å²) >= 11 is 0. The Labute approximate surface area is 236 Å². The van der Waals surface area contributed by atoms with E-state index in [1.807, 2.05) is 60.1 Å². The fourth-order valence-electron chi connectivity index (χ4n) is 3.28. The van der Waals surface area contributed by atoms with Gasteiger partial charge in [-0.05, 0) is 54.7 Å². The first kappa shape index (κ1) is 27.7. The summed E-state index contributed by atoms with van der Waals surface area (Å²) < 4.78 is 19.6. The van der Waals surface area contributed by atoms with E-state index in [4.69, 9.17) is 15.1 Å². The maximum atomic E-state index is 13.8. The largest absolute Gasteiger partial charge is 1.00 e. The van der Waals surface area contributed by atoms with Gasteiger partial charge < -0.3 is 20.0 Å². The van der Waals surface area contributed by atoms with Gasteiger partial charge in [0.1, 0.15) is 11.6 Å². The van der Waals surface area contributed by atoms with Crippen LogP contribution in [0.2, 0.25) is 0 Å². The molecule has 168 valence electrons. The summed E-state index contributed by atoms with van der Waals surface area (Å²) in [6.07, 6.45) is 4.49. The van der Waals surface area contributed by atoms with E-state index in [1.165, 1.54) is 6.07 Å². The Bertz CT molecular complexity index is 1070. The van der Waals surface area contributed by atoms with E-state index in [-0.39, 0.29) is 63.8 Å². The smallest absolute Gasteiger partial charge is 0.501 e. The first-order valence-corrected chi connectivity index (χ1v) is 10.6. The van der Waals surface area contributed by atoms with Gasteiger partial charge in [-0.25, -0.2) is 9.87 Å². The summed E-state index contributed by atoms with van der Waals surface area (Å²) in [7, 11) is 0. The number of fused-ring (bicyclic) bond motifs is 1. The van der Waals surface area contributed by atoms with Crippen molar-refractivity contribution in [2.75, 3.05) is 13.2 Å². The predicted molar refractivity (Wildman–Crippen MR) is 124 cm³/mol. The first-order chi connectivity index (χ1) is 15.7. The average Bonchev–Trinajstić information content (AvgIpc) is 3.34. The van der Waals surface area contributed by atoms with E-state index in [0.29, 0.717) is 18.7 Å². The van der Waals surface area contributed by atoms with Crippen LogP contribution >= 0.6 is 0 Å². The number of unbranched alkanes of at least 4 members (excludes halogenated alkanes) is 2. The number of nitrogens with one attached hydrogen (secondary N) is 2. The van der Waals surface area contributed by atoms with E-state index >= 15 is 0 Å². The molecule has 5 nitrogen and oxygen atoms in total. The Morgan fingerprint density at radius 1 is 1.00 bits per heavy atom. The fraction of sp³-hybridized carbons (Fsp3) is 0.231. The second-order valence-corrected chi connectivity index (χ2v) is 7.28. The quantitative estimate of drug-likeness (QED) is 0.130. The molecule has 0 aliphatic rings. The Morgan fingerprint density at radius 2 is 1.82 bits per heavy atom. The van der Waals surface area contributed by atoms with Crippen LogP contribution < -0.4 is 61.6 Å². The third-order valence-electron chi connectivity index (χ3n) is 4.96. The minimum Gasteiger partial charge on any atom is -0.501 e. The molecule has 0 saturated heterocycles. The van der Waals surface area contributed by atoms with Crippen molar-refractivity contribution < 1.29 is 70.8 Å². The van der Waals surface area contributed by atoms with Gasteiger partial charge in [0.2, 0.25) is 0 Å². The molecule has 0 amide bonds. The van der Waals surface area contributed by atoms with Crippen LogP contribution in [0.3, 0.4) is 0 Å².